The van der Waals surface area contributed by atoms with E-state index in [0.717, 1.165) is 11.3 Å². The van der Waals surface area contributed by atoms with Gasteiger partial charge in [-0.3, -0.25) is 4.79 Å². The molecule has 0 radical (unpaired) electrons. The average molecular weight is 446 g/mol. The molecule has 0 aliphatic carbocycles. The minimum Gasteiger partial charge on any atom is -0.494 e. The van der Waals surface area contributed by atoms with Gasteiger partial charge in [0, 0.05) is 18.2 Å². The standard InChI is InChI=1S/C24H31NO5S/c1-4-29-22-9-5-19(6-10-22)15-25(21-13-14-31(27,28)17-21)24(26)20-7-11-23(12-8-20)30-16-18(2)3/h5-12,18,21H,4,13-17H2,1-3H3. The molecule has 1 amide bonds. The quantitative estimate of drug-likeness (QED) is 0.584. The molecule has 1 aliphatic rings. The van der Waals surface area contributed by atoms with Crippen molar-refractivity contribution in [2.24, 2.45) is 5.92 Å². The van der Waals surface area contributed by atoms with E-state index in [1.807, 2.05) is 31.2 Å². The van der Waals surface area contributed by atoms with Gasteiger partial charge in [-0.25, -0.2) is 8.42 Å². The number of hydrogen-bond acceptors (Lipinski definition) is 5. The van der Waals surface area contributed by atoms with Crippen molar-refractivity contribution in [3.63, 3.8) is 0 Å². The lowest BCUT2D eigenvalue weighted by Crippen LogP contribution is -2.40. The predicted octanol–water partition coefficient (Wildman–Crippen LogP) is 3.95. The van der Waals surface area contributed by atoms with Crippen LogP contribution in [0.1, 0.15) is 43.1 Å². The molecule has 1 aliphatic heterocycles. The number of rotatable bonds is 9. The maximum atomic E-state index is 13.4. The number of amides is 1. The number of carbonyl (C=O) groups is 1. The third-order valence-electron chi connectivity index (χ3n) is 5.18. The van der Waals surface area contributed by atoms with E-state index in [-0.39, 0.29) is 23.5 Å². The highest BCUT2D eigenvalue weighted by atomic mass is 32.2. The van der Waals surface area contributed by atoms with Crippen LogP contribution in [0.25, 0.3) is 0 Å². The van der Waals surface area contributed by atoms with Crippen LogP contribution in [0.4, 0.5) is 0 Å². The second-order valence-electron chi connectivity index (χ2n) is 8.30. The molecule has 0 N–H and O–H groups in total. The fraction of sp³-hybridized carbons (Fsp3) is 0.458. The molecule has 1 fully saturated rings. The van der Waals surface area contributed by atoms with Crippen LogP contribution >= 0.6 is 0 Å². The molecule has 1 atom stereocenters. The molecular weight excluding hydrogens is 414 g/mol. The van der Waals surface area contributed by atoms with E-state index in [0.29, 0.717) is 43.4 Å². The van der Waals surface area contributed by atoms with E-state index in [9.17, 15) is 13.2 Å². The van der Waals surface area contributed by atoms with Crippen LogP contribution in [0.2, 0.25) is 0 Å². The van der Waals surface area contributed by atoms with Crippen molar-refractivity contribution >= 4 is 15.7 Å². The molecule has 0 spiro atoms. The molecule has 2 aromatic rings. The molecule has 3 rings (SSSR count). The van der Waals surface area contributed by atoms with Gasteiger partial charge in [-0.05, 0) is 61.2 Å². The Bertz CT molecular complexity index is 968. The van der Waals surface area contributed by atoms with Gasteiger partial charge >= 0.3 is 0 Å². The highest BCUT2D eigenvalue weighted by molar-refractivity contribution is 7.91. The molecule has 1 saturated heterocycles. The monoisotopic (exact) mass is 445 g/mol. The first-order valence-corrected chi connectivity index (χ1v) is 12.6. The Kier molecular flexibility index (Phi) is 7.59. The summed E-state index contributed by atoms with van der Waals surface area (Å²) in [5, 5.41) is 0. The molecule has 0 aromatic heterocycles. The third kappa shape index (κ3) is 6.47. The van der Waals surface area contributed by atoms with Crippen LogP contribution in [-0.4, -0.2) is 50.0 Å². The number of ether oxygens (including phenoxy) is 2. The van der Waals surface area contributed by atoms with Crippen LogP contribution in [-0.2, 0) is 16.4 Å². The first-order chi connectivity index (χ1) is 14.8. The molecule has 1 heterocycles. The number of benzene rings is 2. The van der Waals surface area contributed by atoms with Crippen LogP contribution in [0.15, 0.2) is 48.5 Å². The summed E-state index contributed by atoms with van der Waals surface area (Å²) in [5.74, 6) is 1.84. The summed E-state index contributed by atoms with van der Waals surface area (Å²) >= 11 is 0. The zero-order valence-corrected chi connectivity index (χ0v) is 19.2. The summed E-state index contributed by atoms with van der Waals surface area (Å²) in [6, 6.07) is 14.3. The first kappa shape index (κ1) is 23.1. The van der Waals surface area contributed by atoms with E-state index >= 15 is 0 Å². The fourth-order valence-electron chi connectivity index (χ4n) is 3.56. The lowest BCUT2D eigenvalue weighted by Gasteiger charge is -2.28. The molecular formula is C24H31NO5S. The second-order valence-corrected chi connectivity index (χ2v) is 10.5. The molecule has 0 bridgehead atoms. The molecule has 31 heavy (non-hydrogen) atoms. The van der Waals surface area contributed by atoms with Crippen molar-refractivity contribution in [2.75, 3.05) is 24.7 Å². The van der Waals surface area contributed by atoms with Gasteiger partial charge in [0.15, 0.2) is 9.84 Å². The van der Waals surface area contributed by atoms with Crippen LogP contribution < -0.4 is 9.47 Å². The maximum Gasteiger partial charge on any atom is 0.254 e. The maximum absolute atomic E-state index is 13.4. The molecule has 0 saturated carbocycles. The predicted molar refractivity (Wildman–Crippen MR) is 121 cm³/mol. The smallest absolute Gasteiger partial charge is 0.254 e. The summed E-state index contributed by atoms with van der Waals surface area (Å²) in [6.45, 7) is 7.61. The molecule has 2 aromatic carbocycles. The van der Waals surface area contributed by atoms with Crippen molar-refractivity contribution in [3.05, 3.63) is 59.7 Å². The number of nitrogens with zero attached hydrogens (tertiary/aromatic N) is 1. The van der Waals surface area contributed by atoms with Gasteiger partial charge in [0.05, 0.1) is 24.7 Å². The molecule has 6 nitrogen and oxygen atoms in total. The third-order valence-corrected chi connectivity index (χ3v) is 6.93. The molecule has 7 heteroatoms. The summed E-state index contributed by atoms with van der Waals surface area (Å²) in [5.41, 5.74) is 1.45. The molecule has 1 unspecified atom stereocenters. The first-order valence-electron chi connectivity index (χ1n) is 10.7. The highest BCUT2D eigenvalue weighted by Gasteiger charge is 2.35. The Morgan fingerprint density at radius 2 is 1.65 bits per heavy atom. The van der Waals surface area contributed by atoms with Gasteiger partial charge in [-0.1, -0.05) is 26.0 Å². The Hall–Kier alpha value is -2.54. The van der Waals surface area contributed by atoms with Gasteiger partial charge in [-0.2, -0.15) is 0 Å². The van der Waals surface area contributed by atoms with E-state index < -0.39 is 9.84 Å². The summed E-state index contributed by atoms with van der Waals surface area (Å²) in [4.78, 5) is 15.0. The van der Waals surface area contributed by atoms with Gasteiger partial charge in [0.2, 0.25) is 0 Å². The van der Waals surface area contributed by atoms with Crippen LogP contribution in [0, 0.1) is 5.92 Å². The Balaban J connectivity index is 1.79. The van der Waals surface area contributed by atoms with Gasteiger partial charge in [0.1, 0.15) is 11.5 Å². The second kappa shape index (κ2) is 10.2. The largest absolute Gasteiger partial charge is 0.494 e. The topological polar surface area (TPSA) is 72.9 Å². The zero-order valence-electron chi connectivity index (χ0n) is 18.4. The zero-order chi connectivity index (χ0) is 22.4. The van der Waals surface area contributed by atoms with Crippen LogP contribution in [0.5, 0.6) is 11.5 Å². The lowest BCUT2D eigenvalue weighted by molar-refractivity contribution is 0.0681. The Morgan fingerprint density at radius 1 is 1.03 bits per heavy atom. The normalized spacial score (nSPS) is 17.5. The van der Waals surface area contributed by atoms with Crippen molar-refractivity contribution in [1.29, 1.82) is 0 Å². The fourth-order valence-corrected chi connectivity index (χ4v) is 5.30. The summed E-state index contributed by atoms with van der Waals surface area (Å²) < 4.78 is 35.3. The minimum absolute atomic E-state index is 0.00531. The van der Waals surface area contributed by atoms with Crippen LogP contribution in [0.3, 0.4) is 0 Å². The van der Waals surface area contributed by atoms with Gasteiger partial charge in [0.25, 0.3) is 5.91 Å². The summed E-state index contributed by atoms with van der Waals surface area (Å²) in [6.07, 6.45) is 0.459. The van der Waals surface area contributed by atoms with E-state index in [1.54, 1.807) is 29.2 Å². The number of sulfone groups is 1. The highest BCUT2D eigenvalue weighted by Crippen LogP contribution is 2.24. The lowest BCUT2D eigenvalue weighted by atomic mass is 10.1. The average Bonchev–Trinajstić information content (AvgIpc) is 3.11. The van der Waals surface area contributed by atoms with E-state index in [4.69, 9.17) is 9.47 Å². The van der Waals surface area contributed by atoms with Crippen molar-refractivity contribution in [2.45, 2.75) is 39.8 Å². The van der Waals surface area contributed by atoms with Crippen molar-refractivity contribution in [1.82, 2.24) is 4.90 Å². The van der Waals surface area contributed by atoms with E-state index in [2.05, 4.69) is 13.8 Å². The summed E-state index contributed by atoms with van der Waals surface area (Å²) in [7, 11) is -3.12. The SMILES string of the molecule is CCOc1ccc(CN(C(=O)c2ccc(OCC(C)C)cc2)C2CCS(=O)(=O)C2)cc1. The Labute approximate surface area is 185 Å². The Morgan fingerprint density at radius 3 is 2.19 bits per heavy atom. The number of hydrogen-bond donors (Lipinski definition) is 0. The minimum atomic E-state index is -3.12. The number of carbonyl (C=O) groups excluding carboxylic acids is 1. The van der Waals surface area contributed by atoms with Gasteiger partial charge in [-0.15, -0.1) is 0 Å². The van der Waals surface area contributed by atoms with Gasteiger partial charge < -0.3 is 14.4 Å². The molecule has 168 valence electrons. The van der Waals surface area contributed by atoms with Crippen molar-refractivity contribution in [3.8, 4) is 11.5 Å². The van der Waals surface area contributed by atoms with Crippen molar-refractivity contribution < 1.29 is 22.7 Å². The van der Waals surface area contributed by atoms with E-state index in [1.165, 1.54) is 0 Å².